The van der Waals surface area contributed by atoms with E-state index in [0.717, 1.165) is 11.3 Å². The highest BCUT2D eigenvalue weighted by Crippen LogP contribution is 2.36. The molecule has 0 radical (unpaired) electrons. The van der Waals surface area contributed by atoms with Gasteiger partial charge in [0.25, 0.3) is 0 Å². The highest BCUT2D eigenvalue weighted by molar-refractivity contribution is 7.20. The number of aliphatic hydroxyl groups is 2. The van der Waals surface area contributed by atoms with E-state index in [4.69, 9.17) is 33.4 Å². The Hall–Kier alpha value is 0.200. The van der Waals surface area contributed by atoms with Crippen LogP contribution >= 0.6 is 34.5 Å². The van der Waals surface area contributed by atoms with Crippen LogP contribution in [0.1, 0.15) is 11.1 Å². The SMILES string of the molecule is OCc1c(Cl)sc(Cl)c1CO. The maximum atomic E-state index is 8.80. The molecule has 0 bridgehead atoms. The number of halogens is 2. The van der Waals surface area contributed by atoms with Crippen LogP contribution in [0.3, 0.4) is 0 Å². The molecule has 2 N–H and O–H groups in total. The predicted molar refractivity (Wildman–Crippen MR) is 46.2 cm³/mol. The van der Waals surface area contributed by atoms with E-state index in [2.05, 4.69) is 0 Å². The second-order valence-electron chi connectivity index (χ2n) is 1.92. The fourth-order valence-electron chi connectivity index (χ4n) is 0.754. The average molecular weight is 213 g/mol. The summed E-state index contributed by atoms with van der Waals surface area (Å²) >= 11 is 12.5. The highest BCUT2D eigenvalue weighted by Gasteiger charge is 2.13. The summed E-state index contributed by atoms with van der Waals surface area (Å²) < 4.78 is 0.892. The summed E-state index contributed by atoms with van der Waals surface area (Å²) in [6, 6.07) is 0. The molecule has 0 aliphatic heterocycles. The van der Waals surface area contributed by atoms with E-state index in [9.17, 15) is 0 Å². The Morgan fingerprint density at radius 2 is 1.36 bits per heavy atom. The summed E-state index contributed by atoms with van der Waals surface area (Å²) in [5, 5.41) is 17.6. The average Bonchev–Trinajstić information content (AvgIpc) is 2.24. The molecule has 0 saturated heterocycles. The minimum atomic E-state index is -0.183. The minimum Gasteiger partial charge on any atom is -0.392 e. The number of aliphatic hydroxyl groups excluding tert-OH is 2. The molecule has 0 aromatic carbocycles. The van der Waals surface area contributed by atoms with Crippen LogP contribution in [0, 0.1) is 0 Å². The molecule has 0 amide bonds. The van der Waals surface area contributed by atoms with E-state index < -0.39 is 0 Å². The Kier molecular flexibility index (Phi) is 3.16. The third-order valence-corrected chi connectivity index (χ3v) is 3.10. The van der Waals surface area contributed by atoms with E-state index in [1.54, 1.807) is 0 Å². The maximum Gasteiger partial charge on any atom is 0.100 e. The topological polar surface area (TPSA) is 40.5 Å². The molecule has 0 spiro atoms. The van der Waals surface area contributed by atoms with Crippen molar-refractivity contribution in [1.29, 1.82) is 0 Å². The standard InChI is InChI=1S/C6H6Cl2O2S/c7-5-3(1-9)4(2-10)6(8)11-5/h9-10H,1-2H2. The Morgan fingerprint density at radius 3 is 1.64 bits per heavy atom. The maximum absolute atomic E-state index is 8.80. The molecule has 1 rings (SSSR count). The minimum absolute atomic E-state index is 0.183. The van der Waals surface area contributed by atoms with E-state index in [-0.39, 0.29) is 13.2 Å². The smallest absolute Gasteiger partial charge is 0.100 e. The second-order valence-corrected chi connectivity index (χ2v) is 4.15. The largest absolute Gasteiger partial charge is 0.392 e. The van der Waals surface area contributed by atoms with Crippen molar-refractivity contribution in [2.24, 2.45) is 0 Å². The fourth-order valence-corrected chi connectivity index (χ4v) is 2.46. The summed E-state index contributed by atoms with van der Waals surface area (Å²) in [6.45, 7) is -0.365. The normalized spacial score (nSPS) is 10.5. The first-order chi connectivity index (χ1) is 5.20. The van der Waals surface area contributed by atoms with Crippen molar-refractivity contribution >= 4 is 34.5 Å². The molecule has 1 heterocycles. The molecular formula is C6H6Cl2O2S. The summed E-state index contributed by atoms with van der Waals surface area (Å²) in [4.78, 5) is 0. The lowest BCUT2D eigenvalue weighted by Gasteiger charge is -1.96. The number of hydrogen-bond donors (Lipinski definition) is 2. The number of rotatable bonds is 2. The molecule has 0 aliphatic rings. The van der Waals surface area contributed by atoms with Gasteiger partial charge >= 0.3 is 0 Å². The zero-order valence-corrected chi connectivity index (χ0v) is 7.80. The van der Waals surface area contributed by atoms with Gasteiger partial charge in [0.1, 0.15) is 8.67 Å². The predicted octanol–water partition coefficient (Wildman–Crippen LogP) is 2.04. The second kappa shape index (κ2) is 3.74. The number of hydrogen-bond acceptors (Lipinski definition) is 3. The van der Waals surface area contributed by atoms with Gasteiger partial charge in [0.05, 0.1) is 13.2 Å². The van der Waals surface area contributed by atoms with Gasteiger partial charge < -0.3 is 10.2 Å². The van der Waals surface area contributed by atoms with Gasteiger partial charge in [-0.2, -0.15) is 0 Å². The van der Waals surface area contributed by atoms with Gasteiger partial charge in [-0.25, -0.2) is 0 Å². The Balaban J connectivity index is 3.17. The van der Waals surface area contributed by atoms with E-state index in [0.29, 0.717) is 19.8 Å². The lowest BCUT2D eigenvalue weighted by Crippen LogP contribution is -1.89. The zero-order chi connectivity index (χ0) is 8.43. The summed E-state index contributed by atoms with van der Waals surface area (Å²) in [5.41, 5.74) is 1.06. The van der Waals surface area contributed by atoms with Gasteiger partial charge in [0.2, 0.25) is 0 Å². The van der Waals surface area contributed by atoms with Crippen LogP contribution in [0.15, 0.2) is 0 Å². The molecule has 0 aliphatic carbocycles. The van der Waals surface area contributed by atoms with E-state index in [1.807, 2.05) is 0 Å². The van der Waals surface area contributed by atoms with Crippen LogP contribution in [0.5, 0.6) is 0 Å². The third-order valence-electron chi connectivity index (χ3n) is 1.33. The van der Waals surface area contributed by atoms with Crippen LogP contribution in [0.4, 0.5) is 0 Å². The van der Waals surface area contributed by atoms with Gasteiger partial charge in [-0.1, -0.05) is 23.2 Å². The van der Waals surface area contributed by atoms with Crippen molar-refractivity contribution < 1.29 is 10.2 Å². The van der Waals surface area contributed by atoms with Crippen molar-refractivity contribution in [1.82, 2.24) is 0 Å². The van der Waals surface area contributed by atoms with Crippen molar-refractivity contribution in [2.45, 2.75) is 13.2 Å². The summed E-state index contributed by atoms with van der Waals surface area (Å²) in [5.74, 6) is 0. The first kappa shape index (κ1) is 9.29. The molecule has 11 heavy (non-hydrogen) atoms. The van der Waals surface area contributed by atoms with Crippen molar-refractivity contribution in [3.63, 3.8) is 0 Å². The molecular weight excluding hydrogens is 207 g/mol. The summed E-state index contributed by atoms with van der Waals surface area (Å²) in [7, 11) is 0. The molecule has 0 atom stereocenters. The monoisotopic (exact) mass is 212 g/mol. The lowest BCUT2D eigenvalue weighted by atomic mass is 10.2. The molecule has 62 valence electrons. The Labute approximate surface area is 78.0 Å². The van der Waals surface area contributed by atoms with Crippen molar-refractivity contribution in [3.8, 4) is 0 Å². The van der Waals surface area contributed by atoms with Gasteiger partial charge in [-0.05, 0) is 0 Å². The van der Waals surface area contributed by atoms with Crippen LogP contribution < -0.4 is 0 Å². The van der Waals surface area contributed by atoms with Gasteiger partial charge in [0.15, 0.2) is 0 Å². The van der Waals surface area contributed by atoms with Crippen LogP contribution in [0.2, 0.25) is 8.67 Å². The number of thiophene rings is 1. The Morgan fingerprint density at radius 1 is 1.00 bits per heavy atom. The molecule has 0 fully saturated rings. The van der Waals surface area contributed by atoms with Gasteiger partial charge in [-0.3, -0.25) is 0 Å². The first-order valence-corrected chi connectivity index (χ1v) is 4.45. The molecule has 2 nitrogen and oxygen atoms in total. The fraction of sp³-hybridized carbons (Fsp3) is 0.333. The Bertz CT molecular complexity index is 235. The van der Waals surface area contributed by atoms with E-state index >= 15 is 0 Å². The van der Waals surface area contributed by atoms with Crippen LogP contribution in [-0.4, -0.2) is 10.2 Å². The molecule has 5 heteroatoms. The quantitative estimate of drug-likeness (QED) is 0.789. The third kappa shape index (κ3) is 1.68. The lowest BCUT2D eigenvalue weighted by molar-refractivity contribution is 0.261. The molecule has 0 unspecified atom stereocenters. The van der Waals surface area contributed by atoms with Crippen molar-refractivity contribution in [3.05, 3.63) is 19.8 Å². The van der Waals surface area contributed by atoms with Crippen LogP contribution in [0.25, 0.3) is 0 Å². The molecule has 1 aromatic heterocycles. The summed E-state index contributed by atoms with van der Waals surface area (Å²) in [6.07, 6.45) is 0. The molecule has 1 aromatic rings. The highest BCUT2D eigenvalue weighted by atomic mass is 35.5. The van der Waals surface area contributed by atoms with Crippen LogP contribution in [-0.2, 0) is 13.2 Å². The van der Waals surface area contributed by atoms with Gasteiger partial charge in [0, 0.05) is 11.1 Å². The molecule has 0 saturated carbocycles. The first-order valence-electron chi connectivity index (χ1n) is 2.88. The van der Waals surface area contributed by atoms with Crippen molar-refractivity contribution in [2.75, 3.05) is 0 Å². The zero-order valence-electron chi connectivity index (χ0n) is 5.47. The van der Waals surface area contributed by atoms with Gasteiger partial charge in [-0.15, -0.1) is 11.3 Å². The van der Waals surface area contributed by atoms with E-state index in [1.165, 1.54) is 0 Å².